The second kappa shape index (κ2) is 4.99. The Labute approximate surface area is 116 Å². The Morgan fingerprint density at radius 3 is 1.45 bits per heavy atom. The van der Waals surface area contributed by atoms with Crippen molar-refractivity contribution in [3.8, 4) is 0 Å². The highest BCUT2D eigenvalue weighted by Gasteiger charge is 2.18. The molecule has 0 atom stereocenters. The van der Waals surface area contributed by atoms with E-state index in [1.807, 2.05) is 0 Å². The van der Waals surface area contributed by atoms with Gasteiger partial charge >= 0.3 is 0 Å². The Kier molecular flexibility index (Phi) is 3.66. The molecule has 0 heterocycles. The molecule has 4 nitrogen and oxygen atoms in total. The minimum atomic E-state index is -3.78. The standard InChI is InChI=1S/C13H11FO4S2/c1-19(15,16)11-6-8-13(9-7-11)20(17,18)12-4-2-10(14)3-5-12/h2-9H,1H3. The van der Waals surface area contributed by atoms with Crippen molar-refractivity contribution >= 4 is 19.7 Å². The fraction of sp³-hybridized carbons (Fsp3) is 0.0769. The molecule has 0 aromatic heterocycles. The third-order valence-electron chi connectivity index (χ3n) is 2.69. The summed E-state index contributed by atoms with van der Waals surface area (Å²) < 4.78 is 59.9. The molecular formula is C13H11FO4S2. The van der Waals surface area contributed by atoms with Crippen molar-refractivity contribution in [1.82, 2.24) is 0 Å². The van der Waals surface area contributed by atoms with Crippen molar-refractivity contribution in [2.45, 2.75) is 14.7 Å². The zero-order valence-electron chi connectivity index (χ0n) is 10.4. The van der Waals surface area contributed by atoms with Crippen LogP contribution < -0.4 is 0 Å². The van der Waals surface area contributed by atoms with Crippen molar-refractivity contribution in [1.29, 1.82) is 0 Å². The minimum absolute atomic E-state index is 0.0376. The molecule has 106 valence electrons. The molecule has 0 spiro atoms. The van der Waals surface area contributed by atoms with Crippen molar-refractivity contribution in [2.75, 3.05) is 6.26 Å². The molecule has 0 radical (unpaired) electrons. The van der Waals surface area contributed by atoms with Gasteiger partial charge in [0, 0.05) is 6.26 Å². The van der Waals surface area contributed by atoms with Crippen LogP contribution >= 0.6 is 0 Å². The zero-order valence-corrected chi connectivity index (χ0v) is 12.1. The van der Waals surface area contributed by atoms with Gasteiger partial charge in [0.25, 0.3) is 0 Å². The number of hydrogen-bond donors (Lipinski definition) is 0. The molecule has 2 rings (SSSR count). The third kappa shape index (κ3) is 2.88. The van der Waals surface area contributed by atoms with E-state index in [9.17, 15) is 21.2 Å². The lowest BCUT2D eigenvalue weighted by molar-refractivity contribution is 0.593. The Morgan fingerprint density at radius 1 is 0.700 bits per heavy atom. The lowest BCUT2D eigenvalue weighted by Crippen LogP contribution is -2.03. The average molecular weight is 314 g/mol. The summed E-state index contributed by atoms with van der Waals surface area (Å²) in [5.41, 5.74) is 0. The third-order valence-corrected chi connectivity index (χ3v) is 5.60. The maximum atomic E-state index is 12.8. The first-order valence-corrected chi connectivity index (χ1v) is 8.89. The van der Waals surface area contributed by atoms with Gasteiger partial charge in [-0.2, -0.15) is 0 Å². The largest absolute Gasteiger partial charge is 0.224 e. The van der Waals surface area contributed by atoms with E-state index in [4.69, 9.17) is 0 Å². The number of rotatable bonds is 3. The first kappa shape index (κ1) is 14.7. The minimum Gasteiger partial charge on any atom is -0.224 e. The van der Waals surface area contributed by atoms with Crippen LogP contribution in [0, 0.1) is 5.82 Å². The Balaban J connectivity index is 2.48. The van der Waals surface area contributed by atoms with Crippen LogP contribution in [0.5, 0.6) is 0 Å². The summed E-state index contributed by atoms with van der Waals surface area (Å²) in [4.78, 5) is -0.0573. The average Bonchev–Trinajstić information content (AvgIpc) is 2.38. The fourth-order valence-electron chi connectivity index (χ4n) is 1.62. The van der Waals surface area contributed by atoms with Gasteiger partial charge in [-0.1, -0.05) is 0 Å². The summed E-state index contributed by atoms with van der Waals surface area (Å²) in [6.07, 6.45) is 1.04. The molecule has 0 saturated carbocycles. The first-order valence-electron chi connectivity index (χ1n) is 5.52. The molecule has 7 heteroatoms. The van der Waals surface area contributed by atoms with Crippen LogP contribution in [-0.4, -0.2) is 23.1 Å². The first-order chi connectivity index (χ1) is 9.21. The summed E-state index contributed by atoms with van der Waals surface area (Å²) >= 11 is 0. The molecule has 20 heavy (non-hydrogen) atoms. The highest BCUT2D eigenvalue weighted by Crippen LogP contribution is 2.22. The molecule has 0 saturated heterocycles. The van der Waals surface area contributed by atoms with Crippen LogP contribution in [0.15, 0.2) is 63.2 Å². The van der Waals surface area contributed by atoms with Crippen LogP contribution in [0.4, 0.5) is 4.39 Å². The van der Waals surface area contributed by atoms with Gasteiger partial charge in [0.05, 0.1) is 14.7 Å². The van der Waals surface area contributed by atoms with E-state index in [0.717, 1.165) is 30.5 Å². The Hall–Kier alpha value is -1.73. The molecule has 2 aromatic rings. The summed E-state index contributed by atoms with van der Waals surface area (Å²) in [7, 11) is -7.16. The van der Waals surface area contributed by atoms with Crippen LogP contribution in [0.3, 0.4) is 0 Å². The van der Waals surface area contributed by atoms with Gasteiger partial charge in [-0.05, 0) is 48.5 Å². The summed E-state index contributed by atoms with van der Waals surface area (Å²) in [6, 6.07) is 9.32. The topological polar surface area (TPSA) is 68.3 Å². The van der Waals surface area contributed by atoms with Gasteiger partial charge in [-0.25, -0.2) is 21.2 Å². The second-order valence-corrected chi connectivity index (χ2v) is 8.17. The molecular weight excluding hydrogens is 303 g/mol. The Bertz CT molecular complexity index is 821. The van der Waals surface area contributed by atoms with E-state index in [0.29, 0.717) is 0 Å². The highest BCUT2D eigenvalue weighted by atomic mass is 32.2. The highest BCUT2D eigenvalue weighted by molar-refractivity contribution is 7.91. The summed E-state index contributed by atoms with van der Waals surface area (Å²) in [5.74, 6) is -0.531. The molecule has 2 aromatic carbocycles. The molecule has 0 bridgehead atoms. The zero-order chi connectivity index (χ0) is 15.0. The summed E-state index contributed by atoms with van der Waals surface area (Å²) in [6.45, 7) is 0. The van der Waals surface area contributed by atoms with Crippen molar-refractivity contribution in [3.63, 3.8) is 0 Å². The number of sulfone groups is 2. The predicted octanol–water partition coefficient (Wildman–Crippen LogP) is 2.06. The van der Waals surface area contributed by atoms with Gasteiger partial charge in [0.15, 0.2) is 9.84 Å². The number of hydrogen-bond acceptors (Lipinski definition) is 4. The maximum Gasteiger partial charge on any atom is 0.206 e. The number of benzene rings is 2. The van der Waals surface area contributed by atoms with E-state index in [-0.39, 0.29) is 14.7 Å². The molecule has 0 aliphatic heterocycles. The molecule has 0 amide bonds. The Morgan fingerprint density at radius 2 is 1.05 bits per heavy atom. The van der Waals surface area contributed by atoms with Crippen molar-refractivity contribution in [2.24, 2.45) is 0 Å². The summed E-state index contributed by atoms with van der Waals surface area (Å²) in [5, 5.41) is 0. The molecule has 0 fully saturated rings. The van der Waals surface area contributed by atoms with Gasteiger partial charge in [0.2, 0.25) is 9.84 Å². The predicted molar refractivity (Wildman–Crippen MR) is 71.4 cm³/mol. The van der Waals surface area contributed by atoms with Gasteiger partial charge in [-0.3, -0.25) is 0 Å². The van der Waals surface area contributed by atoms with Gasteiger partial charge < -0.3 is 0 Å². The molecule has 0 unspecified atom stereocenters. The van der Waals surface area contributed by atoms with E-state index in [1.165, 1.54) is 24.3 Å². The monoisotopic (exact) mass is 314 g/mol. The molecule has 0 aliphatic rings. The van der Waals surface area contributed by atoms with E-state index in [1.54, 1.807) is 0 Å². The van der Waals surface area contributed by atoms with Gasteiger partial charge in [0.1, 0.15) is 5.82 Å². The van der Waals surface area contributed by atoms with Crippen molar-refractivity contribution in [3.05, 3.63) is 54.3 Å². The fourth-order valence-corrected chi connectivity index (χ4v) is 3.51. The van der Waals surface area contributed by atoms with E-state index < -0.39 is 25.5 Å². The second-order valence-electron chi connectivity index (χ2n) is 4.20. The van der Waals surface area contributed by atoms with Crippen LogP contribution in [0.1, 0.15) is 0 Å². The maximum absolute atomic E-state index is 12.8. The van der Waals surface area contributed by atoms with Crippen LogP contribution in [0.2, 0.25) is 0 Å². The molecule has 0 aliphatic carbocycles. The van der Waals surface area contributed by atoms with E-state index in [2.05, 4.69) is 0 Å². The number of halogens is 1. The normalized spacial score (nSPS) is 12.3. The van der Waals surface area contributed by atoms with Crippen LogP contribution in [-0.2, 0) is 19.7 Å². The van der Waals surface area contributed by atoms with Gasteiger partial charge in [-0.15, -0.1) is 0 Å². The molecule has 0 N–H and O–H groups in total. The lowest BCUT2D eigenvalue weighted by Gasteiger charge is -2.05. The van der Waals surface area contributed by atoms with Crippen LogP contribution in [0.25, 0.3) is 0 Å². The lowest BCUT2D eigenvalue weighted by atomic mass is 10.3. The smallest absolute Gasteiger partial charge is 0.206 e. The quantitative estimate of drug-likeness (QED) is 0.813. The van der Waals surface area contributed by atoms with E-state index >= 15 is 0 Å². The van der Waals surface area contributed by atoms with Crippen molar-refractivity contribution < 1.29 is 21.2 Å². The SMILES string of the molecule is CS(=O)(=O)c1ccc(S(=O)(=O)c2ccc(F)cc2)cc1.